The number of aromatic nitrogens is 1. The minimum atomic E-state index is 0.498. The molecule has 0 amide bonds. The summed E-state index contributed by atoms with van der Waals surface area (Å²) in [5.74, 6) is 0.498. The first-order chi connectivity index (χ1) is 7.61. The van der Waals surface area contributed by atoms with E-state index in [0.29, 0.717) is 5.92 Å². The van der Waals surface area contributed by atoms with Gasteiger partial charge in [0.25, 0.3) is 0 Å². The molecule has 1 aromatic heterocycles. The molecule has 0 aliphatic carbocycles. The number of aromatic amines is 1. The molecule has 2 heteroatoms. The first-order valence-electron chi connectivity index (χ1n) is 5.54. The maximum absolute atomic E-state index is 6.22. The van der Waals surface area contributed by atoms with E-state index >= 15 is 0 Å². The van der Waals surface area contributed by atoms with Crippen LogP contribution in [-0.4, -0.2) is 4.98 Å². The molecule has 2 rings (SSSR count). The molecule has 0 atom stereocenters. The molecule has 0 saturated carbocycles. The van der Waals surface area contributed by atoms with Crippen molar-refractivity contribution in [2.75, 3.05) is 0 Å². The van der Waals surface area contributed by atoms with Gasteiger partial charge in [-0.15, -0.1) is 0 Å². The zero-order valence-electron chi connectivity index (χ0n) is 9.84. The summed E-state index contributed by atoms with van der Waals surface area (Å²) >= 11 is 6.22. The predicted octanol–water partition coefficient (Wildman–Crippen LogP) is 4.77. The summed E-state index contributed by atoms with van der Waals surface area (Å²) in [5.41, 5.74) is 4.89. The number of nitrogens with one attached hydrogen (secondary N) is 1. The minimum Gasteiger partial charge on any atom is -0.361 e. The Morgan fingerprint density at radius 2 is 1.88 bits per heavy atom. The summed E-state index contributed by atoms with van der Waals surface area (Å²) in [6, 6.07) is 7.95. The average molecular weight is 234 g/mol. The summed E-state index contributed by atoms with van der Waals surface area (Å²) in [5, 5.41) is 0.797. The van der Waals surface area contributed by atoms with Gasteiger partial charge in [-0.05, 0) is 30.0 Å². The molecule has 0 radical (unpaired) electrons. The fourth-order valence-electron chi connectivity index (χ4n) is 2.16. The lowest BCUT2D eigenvalue weighted by atomic mass is 9.96. The summed E-state index contributed by atoms with van der Waals surface area (Å²) < 4.78 is 0. The van der Waals surface area contributed by atoms with Crippen molar-refractivity contribution in [2.24, 2.45) is 0 Å². The van der Waals surface area contributed by atoms with Crippen LogP contribution in [0.1, 0.15) is 30.9 Å². The second-order valence-electron chi connectivity index (χ2n) is 4.39. The van der Waals surface area contributed by atoms with Crippen LogP contribution < -0.4 is 0 Å². The van der Waals surface area contributed by atoms with Gasteiger partial charge in [-0.3, -0.25) is 0 Å². The Morgan fingerprint density at radius 3 is 2.50 bits per heavy atom. The molecule has 0 saturated heterocycles. The lowest BCUT2D eigenvalue weighted by Gasteiger charge is -2.10. The predicted molar refractivity (Wildman–Crippen MR) is 70.1 cm³/mol. The third kappa shape index (κ3) is 1.88. The fourth-order valence-corrected chi connectivity index (χ4v) is 2.39. The molecule has 0 unspecified atom stereocenters. The standard InChI is InChI=1S/C14H16ClN/c1-9(2)13-10(3)8-16-14(13)11-6-4-5-7-12(11)15/h4-9,16H,1-3H3. The number of benzene rings is 1. The van der Waals surface area contributed by atoms with Crippen molar-refractivity contribution in [2.45, 2.75) is 26.7 Å². The van der Waals surface area contributed by atoms with Gasteiger partial charge >= 0.3 is 0 Å². The molecular formula is C14H16ClN. The van der Waals surface area contributed by atoms with Gasteiger partial charge in [-0.1, -0.05) is 43.6 Å². The first kappa shape index (κ1) is 11.3. The largest absolute Gasteiger partial charge is 0.361 e. The highest BCUT2D eigenvalue weighted by Gasteiger charge is 2.14. The van der Waals surface area contributed by atoms with Crippen molar-refractivity contribution in [1.82, 2.24) is 4.98 Å². The van der Waals surface area contributed by atoms with Gasteiger partial charge in [0.05, 0.1) is 5.69 Å². The molecule has 1 aromatic carbocycles. The molecule has 2 aromatic rings. The van der Waals surface area contributed by atoms with Crippen molar-refractivity contribution < 1.29 is 0 Å². The molecule has 0 bridgehead atoms. The van der Waals surface area contributed by atoms with E-state index in [9.17, 15) is 0 Å². The van der Waals surface area contributed by atoms with Crippen LogP contribution in [-0.2, 0) is 0 Å². The van der Waals surface area contributed by atoms with Gasteiger partial charge in [0.2, 0.25) is 0 Å². The molecule has 1 N–H and O–H groups in total. The lowest BCUT2D eigenvalue weighted by molar-refractivity contribution is 0.863. The number of halogens is 1. The van der Waals surface area contributed by atoms with E-state index in [4.69, 9.17) is 11.6 Å². The third-order valence-electron chi connectivity index (χ3n) is 2.85. The van der Waals surface area contributed by atoms with Crippen LogP contribution in [0.15, 0.2) is 30.5 Å². The number of rotatable bonds is 2. The Balaban J connectivity index is 2.61. The highest BCUT2D eigenvalue weighted by atomic mass is 35.5. The highest BCUT2D eigenvalue weighted by molar-refractivity contribution is 6.33. The summed E-state index contributed by atoms with van der Waals surface area (Å²) in [6.45, 7) is 6.54. The number of hydrogen-bond donors (Lipinski definition) is 1. The molecule has 84 valence electrons. The molecule has 16 heavy (non-hydrogen) atoms. The summed E-state index contributed by atoms with van der Waals surface area (Å²) in [4.78, 5) is 3.33. The van der Waals surface area contributed by atoms with Crippen LogP contribution >= 0.6 is 11.6 Å². The van der Waals surface area contributed by atoms with Gasteiger partial charge in [0, 0.05) is 16.8 Å². The summed E-state index contributed by atoms with van der Waals surface area (Å²) in [6.07, 6.45) is 2.05. The zero-order chi connectivity index (χ0) is 11.7. The summed E-state index contributed by atoms with van der Waals surface area (Å²) in [7, 11) is 0. The van der Waals surface area contributed by atoms with Crippen LogP contribution in [0.3, 0.4) is 0 Å². The number of H-pyrrole nitrogens is 1. The minimum absolute atomic E-state index is 0.498. The van der Waals surface area contributed by atoms with Crippen LogP contribution in [0.4, 0.5) is 0 Å². The Morgan fingerprint density at radius 1 is 1.19 bits per heavy atom. The smallest absolute Gasteiger partial charge is 0.0506 e. The Bertz CT molecular complexity index is 497. The van der Waals surface area contributed by atoms with Gasteiger partial charge < -0.3 is 4.98 Å². The second-order valence-corrected chi connectivity index (χ2v) is 4.80. The Hall–Kier alpha value is -1.21. The van der Waals surface area contributed by atoms with Gasteiger partial charge in [-0.2, -0.15) is 0 Å². The SMILES string of the molecule is Cc1c[nH]c(-c2ccccc2Cl)c1C(C)C. The van der Waals surface area contributed by atoms with Crippen molar-refractivity contribution in [3.63, 3.8) is 0 Å². The molecule has 1 heterocycles. The van der Waals surface area contributed by atoms with Crippen molar-refractivity contribution in [1.29, 1.82) is 0 Å². The normalized spacial score (nSPS) is 11.1. The Kier molecular flexibility index (Phi) is 3.06. The van der Waals surface area contributed by atoms with Crippen molar-refractivity contribution >= 4 is 11.6 Å². The van der Waals surface area contributed by atoms with Crippen LogP contribution in [0.2, 0.25) is 5.02 Å². The topological polar surface area (TPSA) is 15.8 Å². The average Bonchev–Trinajstić information content (AvgIpc) is 2.61. The van der Waals surface area contributed by atoms with E-state index in [-0.39, 0.29) is 0 Å². The van der Waals surface area contributed by atoms with E-state index in [2.05, 4.69) is 31.8 Å². The second kappa shape index (κ2) is 4.34. The molecule has 0 fully saturated rings. The van der Waals surface area contributed by atoms with Crippen LogP contribution in [0, 0.1) is 6.92 Å². The first-order valence-corrected chi connectivity index (χ1v) is 5.92. The van der Waals surface area contributed by atoms with Gasteiger partial charge in [-0.25, -0.2) is 0 Å². The van der Waals surface area contributed by atoms with Crippen LogP contribution in [0.25, 0.3) is 11.3 Å². The lowest BCUT2D eigenvalue weighted by Crippen LogP contribution is -1.92. The fraction of sp³-hybridized carbons (Fsp3) is 0.286. The van der Waals surface area contributed by atoms with E-state index in [0.717, 1.165) is 16.3 Å². The highest BCUT2D eigenvalue weighted by Crippen LogP contribution is 2.34. The number of hydrogen-bond acceptors (Lipinski definition) is 0. The number of aryl methyl sites for hydroxylation is 1. The Labute approximate surface area is 101 Å². The monoisotopic (exact) mass is 233 g/mol. The van der Waals surface area contributed by atoms with E-state index < -0.39 is 0 Å². The van der Waals surface area contributed by atoms with Gasteiger partial charge in [0.1, 0.15) is 0 Å². The zero-order valence-corrected chi connectivity index (χ0v) is 10.6. The third-order valence-corrected chi connectivity index (χ3v) is 3.18. The van der Waals surface area contributed by atoms with Crippen molar-refractivity contribution in [3.05, 3.63) is 46.6 Å². The maximum atomic E-state index is 6.22. The van der Waals surface area contributed by atoms with Crippen LogP contribution in [0.5, 0.6) is 0 Å². The quantitative estimate of drug-likeness (QED) is 0.769. The van der Waals surface area contributed by atoms with E-state index in [1.807, 2.05) is 24.4 Å². The maximum Gasteiger partial charge on any atom is 0.0506 e. The van der Waals surface area contributed by atoms with Crippen molar-refractivity contribution in [3.8, 4) is 11.3 Å². The molecule has 1 nitrogen and oxygen atoms in total. The van der Waals surface area contributed by atoms with E-state index in [1.54, 1.807) is 0 Å². The van der Waals surface area contributed by atoms with E-state index in [1.165, 1.54) is 11.1 Å². The molecular weight excluding hydrogens is 218 g/mol. The molecule has 0 aliphatic rings. The van der Waals surface area contributed by atoms with Gasteiger partial charge in [0.15, 0.2) is 0 Å². The molecule has 0 aliphatic heterocycles. The molecule has 0 spiro atoms.